The Hall–Kier alpha value is -2.13. The van der Waals surface area contributed by atoms with Gasteiger partial charge in [-0.1, -0.05) is 23.9 Å². The molecule has 0 aliphatic carbocycles. The number of hydrogen-bond donors (Lipinski definition) is 2. The van der Waals surface area contributed by atoms with Gasteiger partial charge in [-0.2, -0.15) is 10.4 Å². The highest BCUT2D eigenvalue weighted by Gasteiger charge is 2.25. The molecule has 2 aromatic rings. The topological polar surface area (TPSA) is 79.7 Å². The largest absolute Gasteiger partial charge is 0.383 e. The molecule has 1 aromatic carbocycles. The minimum atomic E-state index is -0.0884. The van der Waals surface area contributed by atoms with Crippen LogP contribution < -0.4 is 11.1 Å². The van der Waals surface area contributed by atoms with Gasteiger partial charge in [-0.3, -0.25) is 0 Å². The molecule has 1 aliphatic rings. The van der Waals surface area contributed by atoms with Crippen molar-refractivity contribution in [2.45, 2.75) is 10.4 Å². The van der Waals surface area contributed by atoms with E-state index in [1.165, 1.54) is 6.20 Å². The van der Waals surface area contributed by atoms with Crippen LogP contribution in [0.25, 0.3) is 0 Å². The lowest BCUT2D eigenvalue weighted by atomic mass is 10.3. The molecule has 1 atom stereocenters. The summed E-state index contributed by atoms with van der Waals surface area (Å²) >= 11 is 1.63. The fourth-order valence-corrected chi connectivity index (χ4v) is 2.83. The zero-order valence-electron chi connectivity index (χ0n) is 8.79. The number of anilines is 2. The Morgan fingerprint density at radius 2 is 2.29 bits per heavy atom. The standard InChI is InChI=1S/C11H9N5S/c12-5-7-6-14-16(10(7)13)11-15-8-3-1-2-4-9(8)17-11/h1-4,6,11,15H,13H2. The lowest BCUT2D eigenvalue weighted by Crippen LogP contribution is -2.14. The number of nitrogens with zero attached hydrogens (tertiary/aromatic N) is 3. The van der Waals surface area contributed by atoms with Crippen molar-refractivity contribution in [3.8, 4) is 6.07 Å². The molecular formula is C11H9N5S. The molecule has 17 heavy (non-hydrogen) atoms. The normalized spacial score (nSPS) is 17.2. The molecule has 1 aliphatic heterocycles. The van der Waals surface area contributed by atoms with Gasteiger partial charge >= 0.3 is 0 Å². The summed E-state index contributed by atoms with van der Waals surface area (Å²) in [5.41, 5.74) is 7.24. The van der Waals surface area contributed by atoms with Gasteiger partial charge in [0.2, 0.25) is 0 Å². The maximum Gasteiger partial charge on any atom is 0.175 e. The summed E-state index contributed by atoms with van der Waals surface area (Å²) in [5, 5.41) is 16.3. The molecule has 0 bridgehead atoms. The summed E-state index contributed by atoms with van der Waals surface area (Å²) in [7, 11) is 0. The Morgan fingerprint density at radius 3 is 3.00 bits per heavy atom. The Kier molecular flexibility index (Phi) is 2.20. The number of aromatic nitrogens is 2. The van der Waals surface area contributed by atoms with E-state index in [9.17, 15) is 0 Å². The van der Waals surface area contributed by atoms with E-state index in [1.54, 1.807) is 16.4 Å². The smallest absolute Gasteiger partial charge is 0.175 e. The Labute approximate surface area is 102 Å². The van der Waals surface area contributed by atoms with Gasteiger partial charge in [0.1, 0.15) is 17.5 Å². The molecule has 1 aromatic heterocycles. The van der Waals surface area contributed by atoms with Crippen LogP contribution in [-0.2, 0) is 0 Å². The lowest BCUT2D eigenvalue weighted by molar-refractivity contribution is 0.669. The third kappa shape index (κ3) is 1.52. The third-order valence-corrected chi connectivity index (χ3v) is 3.73. The monoisotopic (exact) mass is 243 g/mol. The highest BCUT2D eigenvalue weighted by atomic mass is 32.2. The molecule has 84 valence electrons. The first-order valence-corrected chi connectivity index (χ1v) is 5.93. The predicted molar refractivity (Wildman–Crippen MR) is 66.3 cm³/mol. The van der Waals surface area contributed by atoms with Gasteiger partial charge in [-0.15, -0.1) is 0 Å². The SMILES string of the molecule is N#Cc1cnn(C2Nc3ccccc3S2)c1N. The fraction of sp³-hybridized carbons (Fsp3) is 0.0909. The second-order valence-corrected chi connectivity index (χ2v) is 4.73. The van der Waals surface area contributed by atoms with E-state index >= 15 is 0 Å². The number of nitriles is 1. The summed E-state index contributed by atoms with van der Waals surface area (Å²) in [5.74, 6) is 0.394. The van der Waals surface area contributed by atoms with E-state index in [1.807, 2.05) is 30.3 Å². The first-order chi connectivity index (χ1) is 8.29. The van der Waals surface area contributed by atoms with E-state index in [-0.39, 0.29) is 5.50 Å². The summed E-state index contributed by atoms with van der Waals surface area (Å²) < 4.78 is 1.63. The molecule has 2 heterocycles. The number of nitrogen functional groups attached to an aromatic ring is 1. The van der Waals surface area contributed by atoms with E-state index in [0.29, 0.717) is 11.4 Å². The average Bonchev–Trinajstić information content (AvgIpc) is 2.91. The predicted octanol–water partition coefficient (Wildman–Crippen LogP) is 2.01. The number of rotatable bonds is 1. The van der Waals surface area contributed by atoms with Crippen LogP contribution in [0.4, 0.5) is 11.5 Å². The summed E-state index contributed by atoms with van der Waals surface area (Å²) in [6, 6.07) is 10.0. The second-order valence-electron chi connectivity index (χ2n) is 3.61. The van der Waals surface area contributed by atoms with Gasteiger partial charge in [0.15, 0.2) is 5.50 Å². The minimum absolute atomic E-state index is 0.0884. The van der Waals surface area contributed by atoms with Crippen LogP contribution in [0.2, 0.25) is 0 Å². The highest BCUT2D eigenvalue weighted by molar-refractivity contribution is 8.00. The van der Waals surface area contributed by atoms with E-state index in [2.05, 4.69) is 10.4 Å². The summed E-state index contributed by atoms with van der Waals surface area (Å²) in [6.45, 7) is 0. The number of hydrogen-bond acceptors (Lipinski definition) is 5. The number of thioether (sulfide) groups is 1. The number of nitrogens with two attached hydrogens (primary N) is 1. The molecule has 0 saturated carbocycles. The van der Waals surface area contributed by atoms with Gasteiger partial charge in [0.25, 0.3) is 0 Å². The van der Waals surface area contributed by atoms with Crippen LogP contribution in [0.5, 0.6) is 0 Å². The molecule has 0 radical (unpaired) electrons. The summed E-state index contributed by atoms with van der Waals surface area (Å²) in [6.07, 6.45) is 1.49. The Bertz CT molecular complexity index is 588. The van der Waals surface area contributed by atoms with Crippen molar-refractivity contribution >= 4 is 23.3 Å². The van der Waals surface area contributed by atoms with E-state index < -0.39 is 0 Å². The van der Waals surface area contributed by atoms with Crippen molar-refractivity contribution in [3.63, 3.8) is 0 Å². The molecule has 3 rings (SSSR count). The van der Waals surface area contributed by atoms with Gasteiger partial charge in [0.05, 0.1) is 11.9 Å². The zero-order chi connectivity index (χ0) is 11.8. The van der Waals surface area contributed by atoms with Gasteiger partial charge < -0.3 is 11.1 Å². The molecule has 3 N–H and O–H groups in total. The van der Waals surface area contributed by atoms with Gasteiger partial charge in [-0.05, 0) is 12.1 Å². The Morgan fingerprint density at radius 1 is 1.47 bits per heavy atom. The molecule has 0 spiro atoms. The molecule has 0 saturated heterocycles. The van der Waals surface area contributed by atoms with Crippen molar-refractivity contribution in [2.24, 2.45) is 0 Å². The van der Waals surface area contributed by atoms with Crippen LogP contribution in [-0.4, -0.2) is 9.78 Å². The first-order valence-electron chi connectivity index (χ1n) is 5.05. The van der Waals surface area contributed by atoms with E-state index in [4.69, 9.17) is 11.0 Å². The van der Waals surface area contributed by atoms with Crippen LogP contribution in [0.1, 0.15) is 11.1 Å². The van der Waals surface area contributed by atoms with Crippen molar-refractivity contribution in [1.29, 1.82) is 5.26 Å². The van der Waals surface area contributed by atoms with Gasteiger partial charge in [-0.25, -0.2) is 4.68 Å². The fourth-order valence-electron chi connectivity index (χ4n) is 1.73. The number of benzene rings is 1. The van der Waals surface area contributed by atoms with Crippen molar-refractivity contribution < 1.29 is 0 Å². The molecular weight excluding hydrogens is 234 g/mol. The molecule has 0 fully saturated rings. The van der Waals surface area contributed by atoms with Crippen molar-refractivity contribution in [2.75, 3.05) is 11.1 Å². The van der Waals surface area contributed by atoms with Crippen molar-refractivity contribution in [3.05, 3.63) is 36.0 Å². The zero-order valence-corrected chi connectivity index (χ0v) is 9.61. The third-order valence-electron chi connectivity index (χ3n) is 2.58. The highest BCUT2D eigenvalue weighted by Crippen LogP contribution is 2.44. The van der Waals surface area contributed by atoms with Gasteiger partial charge in [0, 0.05) is 4.90 Å². The maximum absolute atomic E-state index is 8.84. The van der Waals surface area contributed by atoms with Crippen LogP contribution in [0, 0.1) is 11.3 Å². The number of nitrogens with one attached hydrogen (secondary N) is 1. The first kappa shape index (κ1) is 10.1. The summed E-state index contributed by atoms with van der Waals surface area (Å²) in [4.78, 5) is 1.16. The molecule has 0 amide bonds. The number of fused-ring (bicyclic) bond motifs is 1. The average molecular weight is 243 g/mol. The quantitative estimate of drug-likeness (QED) is 0.801. The van der Waals surface area contributed by atoms with Crippen molar-refractivity contribution in [1.82, 2.24) is 9.78 Å². The minimum Gasteiger partial charge on any atom is -0.383 e. The molecule has 1 unspecified atom stereocenters. The lowest BCUT2D eigenvalue weighted by Gasteiger charge is -2.12. The number of para-hydroxylation sites is 1. The van der Waals surface area contributed by atoms with Crippen LogP contribution in [0.3, 0.4) is 0 Å². The Balaban J connectivity index is 1.94. The van der Waals surface area contributed by atoms with Crippen LogP contribution in [0.15, 0.2) is 35.4 Å². The van der Waals surface area contributed by atoms with Crippen LogP contribution >= 0.6 is 11.8 Å². The molecule has 6 heteroatoms. The maximum atomic E-state index is 8.84. The second kappa shape index (κ2) is 3.71. The van der Waals surface area contributed by atoms with E-state index in [0.717, 1.165) is 10.6 Å². The molecule has 5 nitrogen and oxygen atoms in total.